The van der Waals surface area contributed by atoms with Crippen LogP contribution in [0.4, 0.5) is 13.6 Å². The van der Waals surface area contributed by atoms with Crippen LogP contribution in [0.1, 0.15) is 52.5 Å². The molecule has 1 saturated heterocycles. The molecule has 1 aliphatic heterocycles. The van der Waals surface area contributed by atoms with Gasteiger partial charge >= 0.3 is 6.09 Å². The zero-order valence-electron chi connectivity index (χ0n) is 19.1. The number of aliphatic hydroxyl groups excluding tert-OH is 1. The van der Waals surface area contributed by atoms with Crippen molar-refractivity contribution in [1.29, 1.82) is 0 Å². The third kappa shape index (κ3) is 8.02. The van der Waals surface area contributed by atoms with Crippen molar-refractivity contribution < 1.29 is 33.3 Å². The quantitative estimate of drug-likeness (QED) is 0.557. The molecule has 1 aromatic rings. The van der Waals surface area contributed by atoms with Gasteiger partial charge in [0.2, 0.25) is 5.91 Å². The lowest BCUT2D eigenvalue weighted by Gasteiger charge is -2.42. The summed E-state index contributed by atoms with van der Waals surface area (Å²) in [7, 11) is 0. The smallest absolute Gasteiger partial charge is 0.407 e. The van der Waals surface area contributed by atoms with E-state index < -0.39 is 41.8 Å². The number of hydrogen-bond donors (Lipinski definition) is 3. The maximum Gasteiger partial charge on any atom is 0.407 e. The van der Waals surface area contributed by atoms with Gasteiger partial charge in [-0.2, -0.15) is 0 Å². The number of amides is 2. The molecule has 0 unspecified atom stereocenters. The van der Waals surface area contributed by atoms with Crippen LogP contribution in [0.3, 0.4) is 0 Å². The van der Waals surface area contributed by atoms with Gasteiger partial charge in [0.05, 0.1) is 37.4 Å². The highest BCUT2D eigenvalue weighted by Gasteiger charge is 2.40. The van der Waals surface area contributed by atoms with E-state index in [1.54, 1.807) is 0 Å². The van der Waals surface area contributed by atoms with E-state index in [0.717, 1.165) is 35.9 Å². The van der Waals surface area contributed by atoms with E-state index in [2.05, 4.69) is 26.1 Å². The van der Waals surface area contributed by atoms with Gasteiger partial charge in [-0.05, 0) is 42.4 Å². The minimum atomic E-state index is -1.34. The van der Waals surface area contributed by atoms with Gasteiger partial charge < -0.3 is 20.3 Å². The lowest BCUT2D eigenvalue weighted by molar-refractivity contribution is -0.123. The molecule has 180 valence electrons. The van der Waals surface area contributed by atoms with E-state index in [0.29, 0.717) is 6.42 Å². The molecule has 0 aliphatic carbocycles. The minimum absolute atomic E-state index is 0.0404. The van der Waals surface area contributed by atoms with Crippen LogP contribution >= 0.6 is 0 Å². The van der Waals surface area contributed by atoms with Crippen LogP contribution in [0.2, 0.25) is 0 Å². The van der Waals surface area contributed by atoms with E-state index in [9.17, 15) is 28.6 Å². The molecule has 2 rings (SSSR count). The Labute approximate surface area is 187 Å². The van der Waals surface area contributed by atoms with Crippen molar-refractivity contribution >= 4 is 12.0 Å². The number of hydrogen-bond acceptors (Lipinski definition) is 4. The number of carboxylic acid groups (broad SMARTS) is 1. The van der Waals surface area contributed by atoms with Crippen molar-refractivity contribution in [3.8, 4) is 0 Å². The maximum absolute atomic E-state index is 13.6. The van der Waals surface area contributed by atoms with Crippen molar-refractivity contribution in [2.45, 2.75) is 77.7 Å². The summed E-state index contributed by atoms with van der Waals surface area (Å²) < 4.78 is 33.0. The molecule has 1 aromatic carbocycles. The minimum Gasteiger partial charge on any atom is -0.465 e. The number of morpholine rings is 1. The molecule has 7 nitrogen and oxygen atoms in total. The van der Waals surface area contributed by atoms with Gasteiger partial charge in [-0.3, -0.25) is 9.69 Å². The number of benzene rings is 1. The molecule has 3 N–H and O–H groups in total. The summed E-state index contributed by atoms with van der Waals surface area (Å²) in [4.78, 5) is 24.7. The summed E-state index contributed by atoms with van der Waals surface area (Å²) in [5, 5.41) is 23.3. The molecule has 0 radical (unpaired) electrons. The van der Waals surface area contributed by atoms with Crippen LogP contribution in [0.25, 0.3) is 0 Å². The van der Waals surface area contributed by atoms with Crippen molar-refractivity contribution in [1.82, 2.24) is 10.2 Å². The van der Waals surface area contributed by atoms with Crippen LogP contribution < -0.4 is 5.32 Å². The number of nitrogens with zero attached hydrogens (tertiary/aromatic N) is 1. The fourth-order valence-electron chi connectivity index (χ4n) is 4.04. The Morgan fingerprint density at radius 3 is 2.41 bits per heavy atom. The highest BCUT2D eigenvalue weighted by molar-refractivity contribution is 5.73. The predicted molar refractivity (Wildman–Crippen MR) is 115 cm³/mol. The summed E-state index contributed by atoms with van der Waals surface area (Å²) in [6, 6.07) is 1.07. The Hall–Kier alpha value is -2.26. The van der Waals surface area contributed by atoms with Gasteiger partial charge in [-0.1, -0.05) is 27.2 Å². The molecular formula is C23H34F2N2O5. The molecule has 1 heterocycles. The second-order valence-corrected chi connectivity index (χ2v) is 9.69. The van der Waals surface area contributed by atoms with Crippen LogP contribution in [-0.2, 0) is 16.0 Å². The monoisotopic (exact) mass is 456 g/mol. The lowest BCUT2D eigenvalue weighted by Crippen LogP contribution is -2.61. The summed E-state index contributed by atoms with van der Waals surface area (Å²) in [6.45, 7) is 7.72. The molecule has 1 fully saturated rings. The average Bonchev–Trinajstić information content (AvgIpc) is 2.64. The Kier molecular flexibility index (Phi) is 8.98. The number of nitrogens with one attached hydrogen (secondary N) is 1. The third-order valence-corrected chi connectivity index (χ3v) is 5.58. The van der Waals surface area contributed by atoms with E-state index in [1.165, 1.54) is 6.92 Å². The number of aliphatic hydroxyl groups is 1. The van der Waals surface area contributed by atoms with E-state index >= 15 is 0 Å². The van der Waals surface area contributed by atoms with Gasteiger partial charge in [0, 0.05) is 13.0 Å². The van der Waals surface area contributed by atoms with Gasteiger partial charge in [-0.15, -0.1) is 0 Å². The maximum atomic E-state index is 13.6. The van der Waals surface area contributed by atoms with Crippen LogP contribution in [-0.4, -0.2) is 64.6 Å². The molecular weight excluding hydrogens is 422 g/mol. The van der Waals surface area contributed by atoms with E-state index in [-0.39, 0.29) is 36.7 Å². The van der Waals surface area contributed by atoms with Crippen molar-refractivity contribution in [2.75, 3.05) is 13.2 Å². The van der Waals surface area contributed by atoms with Crippen molar-refractivity contribution in [3.05, 3.63) is 35.4 Å². The summed E-state index contributed by atoms with van der Waals surface area (Å²) in [5.41, 5.74) is 0.404. The van der Waals surface area contributed by atoms with Crippen LogP contribution in [0.15, 0.2) is 18.2 Å². The first-order valence-corrected chi connectivity index (χ1v) is 10.9. The van der Waals surface area contributed by atoms with Crippen molar-refractivity contribution in [3.63, 3.8) is 0 Å². The Balaban J connectivity index is 2.12. The summed E-state index contributed by atoms with van der Waals surface area (Å²) >= 11 is 0. The Bertz CT molecular complexity index is 779. The third-order valence-electron chi connectivity index (χ3n) is 5.58. The number of ether oxygens (including phenoxy) is 1. The number of carbonyl (C=O) groups excluding carboxylic acids is 1. The van der Waals surface area contributed by atoms with Gasteiger partial charge in [0.15, 0.2) is 0 Å². The van der Waals surface area contributed by atoms with Crippen molar-refractivity contribution in [2.24, 2.45) is 5.41 Å². The molecule has 4 atom stereocenters. The first-order chi connectivity index (χ1) is 14.9. The Morgan fingerprint density at radius 1 is 1.25 bits per heavy atom. The number of rotatable bonds is 8. The standard InChI is InChI=1S/C23H34F2N2O5/c1-14(28)26-19(10-15-8-16(24)11-17(25)9-15)21(29)20-13-32-18(12-27(20)22(30)31)6-5-7-23(2,3)4/h8-9,11,18-21,29H,5-7,10,12-13H2,1-4H3,(H,26,28)(H,30,31)/t18-,19+,20-,21+/m0/s1. The highest BCUT2D eigenvalue weighted by atomic mass is 19.1. The zero-order chi connectivity index (χ0) is 24.1. The van der Waals surface area contributed by atoms with Gasteiger partial charge in [0.1, 0.15) is 11.6 Å². The van der Waals surface area contributed by atoms with E-state index in [1.807, 2.05) is 0 Å². The second-order valence-electron chi connectivity index (χ2n) is 9.69. The van der Waals surface area contributed by atoms with Crippen LogP contribution in [0.5, 0.6) is 0 Å². The zero-order valence-corrected chi connectivity index (χ0v) is 19.1. The lowest BCUT2D eigenvalue weighted by atomic mass is 9.89. The summed E-state index contributed by atoms with van der Waals surface area (Å²) in [6.07, 6.45) is -0.340. The molecule has 32 heavy (non-hydrogen) atoms. The largest absolute Gasteiger partial charge is 0.465 e. The van der Waals surface area contributed by atoms with Crippen LogP contribution in [0, 0.1) is 17.0 Å². The normalized spacial score (nSPS) is 21.2. The fraction of sp³-hybridized carbons (Fsp3) is 0.652. The molecule has 0 spiro atoms. The number of halogens is 2. The predicted octanol–water partition coefficient (Wildman–Crippen LogP) is 3.34. The van der Waals surface area contributed by atoms with Gasteiger partial charge in [-0.25, -0.2) is 13.6 Å². The SMILES string of the molecule is CC(=O)N[C@H](Cc1cc(F)cc(F)c1)[C@@H](O)[C@@H]1CO[C@@H](CCCC(C)(C)C)CN1C(=O)O. The topological polar surface area (TPSA) is 99.1 Å². The first kappa shape index (κ1) is 26.0. The number of carbonyl (C=O) groups is 2. The Morgan fingerprint density at radius 2 is 1.88 bits per heavy atom. The molecule has 9 heteroatoms. The molecule has 0 saturated carbocycles. The molecule has 0 aromatic heterocycles. The first-order valence-electron chi connectivity index (χ1n) is 10.9. The molecule has 2 amide bonds. The molecule has 1 aliphatic rings. The average molecular weight is 457 g/mol. The highest BCUT2D eigenvalue weighted by Crippen LogP contribution is 2.26. The fourth-order valence-corrected chi connectivity index (χ4v) is 4.04. The summed E-state index contributed by atoms with van der Waals surface area (Å²) in [5.74, 6) is -2.01. The van der Waals surface area contributed by atoms with Gasteiger partial charge in [0.25, 0.3) is 0 Å². The molecule has 0 bridgehead atoms. The second kappa shape index (κ2) is 11.0. The van der Waals surface area contributed by atoms with E-state index in [4.69, 9.17) is 4.74 Å².